The second-order valence-corrected chi connectivity index (χ2v) is 6.24. The smallest absolute Gasteiger partial charge is 0.227 e. The molecule has 1 amide bonds. The van der Waals surface area contributed by atoms with Gasteiger partial charge in [-0.2, -0.15) is 0 Å². The van der Waals surface area contributed by atoms with Crippen molar-refractivity contribution in [1.29, 1.82) is 0 Å². The molecule has 0 spiro atoms. The lowest BCUT2D eigenvalue weighted by atomic mass is 9.88. The Morgan fingerprint density at radius 3 is 2.75 bits per heavy atom. The van der Waals surface area contributed by atoms with Crippen LogP contribution in [-0.2, 0) is 4.79 Å². The zero-order valence-electron chi connectivity index (χ0n) is 11.1. The molecule has 2 fully saturated rings. The van der Waals surface area contributed by atoms with Crippen LogP contribution in [0.25, 0.3) is 0 Å². The number of halogens is 1. The molecule has 106 valence electrons. The van der Waals surface area contributed by atoms with E-state index in [4.69, 9.17) is 18.0 Å². The van der Waals surface area contributed by atoms with Crippen LogP contribution in [0, 0.1) is 23.6 Å². The first-order valence-electron chi connectivity index (χ1n) is 6.95. The van der Waals surface area contributed by atoms with Crippen LogP contribution in [0.5, 0.6) is 0 Å². The van der Waals surface area contributed by atoms with E-state index in [0.29, 0.717) is 17.5 Å². The molecule has 0 radical (unpaired) electrons. The minimum absolute atomic E-state index is 0.0275. The number of nitrogens with two attached hydrogens (primary N) is 1. The topological polar surface area (TPSA) is 55.1 Å². The molecule has 2 aliphatic rings. The van der Waals surface area contributed by atoms with Gasteiger partial charge in [0.15, 0.2) is 0 Å². The van der Waals surface area contributed by atoms with Crippen LogP contribution in [0.4, 0.5) is 10.1 Å². The number of thiocarbonyl (C=S) groups is 1. The van der Waals surface area contributed by atoms with Crippen LogP contribution < -0.4 is 11.1 Å². The second kappa shape index (κ2) is 5.13. The maximum absolute atomic E-state index is 13.8. The van der Waals surface area contributed by atoms with Crippen LogP contribution in [0.3, 0.4) is 0 Å². The summed E-state index contributed by atoms with van der Waals surface area (Å²) in [6.07, 6.45) is 4.48. The first-order chi connectivity index (χ1) is 9.56. The minimum Gasteiger partial charge on any atom is -0.389 e. The first kappa shape index (κ1) is 13.5. The molecule has 3 N–H and O–H groups in total. The van der Waals surface area contributed by atoms with E-state index >= 15 is 0 Å². The van der Waals surface area contributed by atoms with Crippen molar-refractivity contribution in [1.82, 2.24) is 0 Å². The maximum Gasteiger partial charge on any atom is 0.227 e. The summed E-state index contributed by atoms with van der Waals surface area (Å²) in [4.78, 5) is 12.3. The lowest BCUT2D eigenvalue weighted by molar-refractivity contribution is -0.121. The van der Waals surface area contributed by atoms with E-state index in [0.717, 1.165) is 19.3 Å². The van der Waals surface area contributed by atoms with Crippen LogP contribution in [0.15, 0.2) is 18.2 Å². The summed E-state index contributed by atoms with van der Waals surface area (Å²) >= 11 is 4.86. The summed E-state index contributed by atoms with van der Waals surface area (Å²) in [6, 6.07) is 4.48. The third kappa shape index (κ3) is 2.30. The second-order valence-electron chi connectivity index (χ2n) is 5.80. The first-order valence-corrected chi connectivity index (χ1v) is 7.36. The molecule has 2 aliphatic carbocycles. The van der Waals surface area contributed by atoms with Gasteiger partial charge in [-0.05, 0) is 43.2 Å². The highest BCUT2D eigenvalue weighted by molar-refractivity contribution is 7.80. The monoisotopic (exact) mass is 292 g/mol. The number of hydrogen-bond donors (Lipinski definition) is 2. The third-order valence-electron chi connectivity index (χ3n) is 4.59. The number of rotatable bonds is 3. The average molecular weight is 292 g/mol. The zero-order valence-corrected chi connectivity index (χ0v) is 11.9. The Hall–Kier alpha value is -1.49. The van der Waals surface area contributed by atoms with E-state index in [2.05, 4.69) is 5.32 Å². The molecule has 0 heterocycles. The van der Waals surface area contributed by atoms with E-state index in [9.17, 15) is 9.18 Å². The Morgan fingerprint density at radius 2 is 2.15 bits per heavy atom. The van der Waals surface area contributed by atoms with Crippen LogP contribution in [-0.4, -0.2) is 10.9 Å². The van der Waals surface area contributed by atoms with Gasteiger partial charge in [-0.25, -0.2) is 4.39 Å². The van der Waals surface area contributed by atoms with Gasteiger partial charge in [0.25, 0.3) is 0 Å². The Balaban J connectivity index is 1.80. The normalized spacial score (nSPS) is 27.6. The lowest BCUT2D eigenvalue weighted by Crippen LogP contribution is -2.28. The molecule has 0 saturated heterocycles. The minimum atomic E-state index is -0.497. The number of fused-ring (bicyclic) bond motifs is 2. The number of hydrogen-bond acceptors (Lipinski definition) is 2. The summed E-state index contributed by atoms with van der Waals surface area (Å²) in [5, 5.41) is 2.81. The SMILES string of the molecule is NC(=S)c1c(F)cccc1NC(=O)C1CC2CCC1C2. The Labute approximate surface area is 122 Å². The van der Waals surface area contributed by atoms with Crippen molar-refractivity contribution in [3.8, 4) is 0 Å². The van der Waals surface area contributed by atoms with E-state index in [1.54, 1.807) is 12.1 Å². The highest BCUT2D eigenvalue weighted by atomic mass is 32.1. The molecule has 1 aromatic rings. The lowest BCUT2D eigenvalue weighted by Gasteiger charge is -2.21. The van der Waals surface area contributed by atoms with E-state index in [-0.39, 0.29) is 22.4 Å². The summed E-state index contributed by atoms with van der Waals surface area (Å²) < 4.78 is 13.8. The van der Waals surface area contributed by atoms with Crippen molar-refractivity contribution in [2.24, 2.45) is 23.5 Å². The fourth-order valence-electron chi connectivity index (χ4n) is 3.67. The van der Waals surface area contributed by atoms with Gasteiger partial charge in [0.1, 0.15) is 10.8 Å². The van der Waals surface area contributed by atoms with Crippen molar-refractivity contribution in [3.63, 3.8) is 0 Å². The molecule has 0 aromatic heterocycles. The highest BCUT2D eigenvalue weighted by Crippen LogP contribution is 2.48. The van der Waals surface area contributed by atoms with Crippen molar-refractivity contribution in [2.45, 2.75) is 25.7 Å². The van der Waals surface area contributed by atoms with Gasteiger partial charge in [0.2, 0.25) is 5.91 Å². The van der Waals surface area contributed by atoms with Crippen molar-refractivity contribution in [3.05, 3.63) is 29.6 Å². The molecule has 1 aromatic carbocycles. The summed E-state index contributed by atoms with van der Waals surface area (Å²) in [5.74, 6) is 0.708. The summed E-state index contributed by atoms with van der Waals surface area (Å²) in [7, 11) is 0. The molecule has 20 heavy (non-hydrogen) atoms. The number of anilines is 1. The quantitative estimate of drug-likeness (QED) is 0.842. The Kier molecular flexibility index (Phi) is 3.46. The van der Waals surface area contributed by atoms with Crippen LogP contribution in [0.2, 0.25) is 0 Å². The van der Waals surface area contributed by atoms with Gasteiger partial charge in [0, 0.05) is 5.92 Å². The summed E-state index contributed by atoms with van der Waals surface area (Å²) in [5.41, 5.74) is 6.05. The molecule has 2 saturated carbocycles. The van der Waals surface area contributed by atoms with Crippen LogP contribution >= 0.6 is 12.2 Å². The fourth-order valence-corrected chi connectivity index (χ4v) is 3.88. The Morgan fingerprint density at radius 1 is 1.35 bits per heavy atom. The number of amides is 1. The van der Waals surface area contributed by atoms with E-state index < -0.39 is 5.82 Å². The van der Waals surface area contributed by atoms with E-state index in [1.165, 1.54) is 12.5 Å². The molecular formula is C15H17FN2OS. The van der Waals surface area contributed by atoms with Crippen LogP contribution in [0.1, 0.15) is 31.2 Å². The van der Waals surface area contributed by atoms with Gasteiger partial charge in [0.05, 0.1) is 11.3 Å². The predicted octanol–water partition coefficient (Wildman–Crippen LogP) is 2.83. The van der Waals surface area contributed by atoms with Crippen molar-refractivity contribution >= 4 is 28.8 Å². The van der Waals surface area contributed by atoms with E-state index in [1.807, 2.05) is 0 Å². The standard InChI is InChI=1S/C15H17FN2OS/c16-11-2-1-3-12(13(11)14(17)20)18-15(19)10-7-8-4-5-9(10)6-8/h1-3,8-10H,4-7H2,(H2,17,20)(H,18,19). The van der Waals surface area contributed by atoms with Gasteiger partial charge >= 0.3 is 0 Å². The number of benzene rings is 1. The molecule has 0 aliphatic heterocycles. The molecule has 3 atom stereocenters. The fraction of sp³-hybridized carbons (Fsp3) is 0.467. The molecular weight excluding hydrogens is 275 g/mol. The number of nitrogens with one attached hydrogen (secondary N) is 1. The molecule has 3 nitrogen and oxygen atoms in total. The third-order valence-corrected chi connectivity index (χ3v) is 4.80. The molecule has 2 bridgehead atoms. The summed E-state index contributed by atoms with van der Waals surface area (Å²) in [6.45, 7) is 0. The molecule has 3 unspecified atom stereocenters. The number of carbonyl (C=O) groups excluding carboxylic acids is 1. The molecule has 3 rings (SSSR count). The maximum atomic E-state index is 13.8. The predicted molar refractivity (Wildman–Crippen MR) is 79.9 cm³/mol. The van der Waals surface area contributed by atoms with Gasteiger partial charge in [-0.3, -0.25) is 4.79 Å². The highest BCUT2D eigenvalue weighted by Gasteiger charge is 2.43. The largest absolute Gasteiger partial charge is 0.389 e. The van der Waals surface area contributed by atoms with Gasteiger partial charge in [-0.15, -0.1) is 0 Å². The average Bonchev–Trinajstić information content (AvgIpc) is 3.00. The van der Waals surface area contributed by atoms with Crippen molar-refractivity contribution in [2.75, 3.05) is 5.32 Å². The number of carbonyl (C=O) groups is 1. The van der Waals surface area contributed by atoms with Gasteiger partial charge in [-0.1, -0.05) is 24.7 Å². The molecule has 5 heteroatoms. The Bertz CT molecular complexity index is 575. The van der Waals surface area contributed by atoms with Crippen molar-refractivity contribution < 1.29 is 9.18 Å². The zero-order chi connectivity index (χ0) is 14.3. The van der Waals surface area contributed by atoms with Gasteiger partial charge < -0.3 is 11.1 Å².